The summed E-state index contributed by atoms with van der Waals surface area (Å²) in [6.07, 6.45) is -2.55. The van der Waals surface area contributed by atoms with Crippen LogP contribution in [0.1, 0.15) is 22.3 Å². The van der Waals surface area contributed by atoms with Gasteiger partial charge in [0.15, 0.2) is 0 Å². The molecule has 0 amide bonds. The number of nitrogens with zero attached hydrogens (tertiary/aromatic N) is 2. The minimum Gasteiger partial charge on any atom is -0.481 e. The first-order valence-electron chi connectivity index (χ1n) is 9.91. The zero-order valence-electron chi connectivity index (χ0n) is 16.9. The molecule has 0 fully saturated rings. The fourth-order valence-corrected chi connectivity index (χ4v) is 3.51. The first-order chi connectivity index (χ1) is 15.3. The molecule has 4 nitrogen and oxygen atoms in total. The number of rotatable bonds is 6. The molecule has 0 saturated heterocycles. The Labute approximate surface area is 182 Å². The fourth-order valence-electron chi connectivity index (χ4n) is 3.51. The Bertz CT molecular complexity index is 1230. The number of benzene rings is 3. The minimum atomic E-state index is -4.48. The Hall–Kier alpha value is -3.87. The average Bonchev–Trinajstić information content (AvgIpc) is 3.18. The molecular weight excluding hydrogens is 417 g/mol. The van der Waals surface area contributed by atoms with Gasteiger partial charge in [0, 0.05) is 17.3 Å². The molecule has 0 aliphatic rings. The van der Waals surface area contributed by atoms with Crippen LogP contribution in [0.5, 0.6) is 0 Å². The number of carboxylic acid groups (broad SMARTS) is 1. The van der Waals surface area contributed by atoms with E-state index in [9.17, 15) is 23.1 Å². The first kappa shape index (κ1) is 21.4. The van der Waals surface area contributed by atoms with Gasteiger partial charge in [-0.05, 0) is 35.7 Å². The number of halogens is 3. The van der Waals surface area contributed by atoms with Gasteiger partial charge in [-0.3, -0.25) is 4.79 Å². The maximum Gasteiger partial charge on any atom is 0.416 e. The van der Waals surface area contributed by atoms with E-state index in [0.717, 1.165) is 24.1 Å². The Kier molecular flexibility index (Phi) is 5.81. The fraction of sp³-hybridized carbons (Fsp3) is 0.120. The van der Waals surface area contributed by atoms with Crippen molar-refractivity contribution in [2.75, 3.05) is 0 Å². The molecule has 4 aromatic rings. The number of alkyl halides is 3. The van der Waals surface area contributed by atoms with Crippen LogP contribution < -0.4 is 0 Å². The van der Waals surface area contributed by atoms with Gasteiger partial charge in [0.05, 0.1) is 23.4 Å². The largest absolute Gasteiger partial charge is 0.481 e. The molecule has 0 atom stereocenters. The molecule has 4 rings (SSSR count). The molecule has 0 spiro atoms. The van der Waals surface area contributed by atoms with E-state index in [1.165, 1.54) is 28.6 Å². The number of aromatic nitrogens is 2. The van der Waals surface area contributed by atoms with Gasteiger partial charge >= 0.3 is 12.1 Å². The van der Waals surface area contributed by atoms with Gasteiger partial charge in [0.2, 0.25) is 0 Å². The van der Waals surface area contributed by atoms with Crippen LogP contribution in [0.15, 0.2) is 85.1 Å². The van der Waals surface area contributed by atoms with Crippen LogP contribution in [0.3, 0.4) is 0 Å². The van der Waals surface area contributed by atoms with Crippen molar-refractivity contribution in [3.05, 3.63) is 107 Å². The minimum absolute atomic E-state index is 0.207. The highest BCUT2D eigenvalue weighted by molar-refractivity contribution is 5.75. The van der Waals surface area contributed by atoms with Gasteiger partial charge in [-0.15, -0.1) is 0 Å². The van der Waals surface area contributed by atoms with Gasteiger partial charge in [-0.1, -0.05) is 60.7 Å². The second-order valence-electron chi connectivity index (χ2n) is 7.43. The van der Waals surface area contributed by atoms with Gasteiger partial charge in [0.1, 0.15) is 0 Å². The van der Waals surface area contributed by atoms with E-state index < -0.39 is 17.7 Å². The van der Waals surface area contributed by atoms with Gasteiger partial charge in [-0.25, -0.2) is 4.68 Å². The Morgan fingerprint density at radius 3 is 2.25 bits per heavy atom. The highest BCUT2D eigenvalue weighted by Crippen LogP contribution is 2.31. The summed E-state index contributed by atoms with van der Waals surface area (Å²) in [5, 5.41) is 13.7. The van der Waals surface area contributed by atoms with Crippen LogP contribution in [0.2, 0.25) is 0 Å². The average molecular weight is 436 g/mol. The summed E-state index contributed by atoms with van der Waals surface area (Å²) >= 11 is 0. The number of aliphatic carboxylic acids is 1. The van der Waals surface area contributed by atoms with Gasteiger partial charge in [-0.2, -0.15) is 18.3 Å². The lowest BCUT2D eigenvalue weighted by atomic mass is 10.0. The number of hydrogen-bond donors (Lipinski definition) is 1. The highest BCUT2D eigenvalue weighted by atomic mass is 19.4. The maximum atomic E-state index is 13.1. The summed E-state index contributed by atoms with van der Waals surface area (Å²) in [6, 6.07) is 22.3. The second-order valence-corrected chi connectivity index (χ2v) is 7.43. The monoisotopic (exact) mass is 436 g/mol. The van der Waals surface area contributed by atoms with Gasteiger partial charge in [0.25, 0.3) is 0 Å². The van der Waals surface area contributed by atoms with Crippen molar-refractivity contribution in [2.24, 2.45) is 0 Å². The topological polar surface area (TPSA) is 55.1 Å². The lowest BCUT2D eigenvalue weighted by molar-refractivity contribution is -0.138. The van der Waals surface area contributed by atoms with E-state index >= 15 is 0 Å². The molecule has 1 N–H and O–H groups in total. The van der Waals surface area contributed by atoms with Crippen LogP contribution in [0, 0.1) is 0 Å². The van der Waals surface area contributed by atoms with E-state index in [2.05, 4.69) is 5.10 Å². The zero-order valence-corrected chi connectivity index (χ0v) is 16.9. The van der Waals surface area contributed by atoms with Crippen molar-refractivity contribution in [3.63, 3.8) is 0 Å². The smallest absolute Gasteiger partial charge is 0.416 e. The second kappa shape index (κ2) is 8.70. The van der Waals surface area contributed by atoms with E-state index in [1.54, 1.807) is 0 Å². The van der Waals surface area contributed by atoms with Gasteiger partial charge < -0.3 is 5.11 Å². The third-order valence-electron chi connectivity index (χ3n) is 5.05. The van der Waals surface area contributed by atoms with Crippen molar-refractivity contribution in [1.82, 2.24) is 9.78 Å². The molecule has 0 radical (unpaired) electrons. The third-order valence-corrected chi connectivity index (χ3v) is 5.05. The molecule has 0 saturated carbocycles. The predicted molar refractivity (Wildman–Crippen MR) is 115 cm³/mol. The molecule has 0 bridgehead atoms. The van der Waals surface area contributed by atoms with Crippen molar-refractivity contribution in [3.8, 4) is 16.9 Å². The first-order valence-corrected chi connectivity index (χ1v) is 9.91. The van der Waals surface area contributed by atoms with Crippen LogP contribution in [0.25, 0.3) is 16.9 Å². The van der Waals surface area contributed by atoms with Crippen LogP contribution in [0.4, 0.5) is 13.2 Å². The van der Waals surface area contributed by atoms with Crippen LogP contribution in [-0.2, 0) is 23.8 Å². The molecule has 32 heavy (non-hydrogen) atoms. The Balaban J connectivity index is 1.68. The third kappa shape index (κ3) is 4.88. The molecule has 0 aliphatic carbocycles. The van der Waals surface area contributed by atoms with E-state index in [0.29, 0.717) is 16.8 Å². The molecule has 1 aromatic heterocycles. The van der Waals surface area contributed by atoms with Crippen molar-refractivity contribution >= 4 is 5.97 Å². The Morgan fingerprint density at radius 1 is 0.906 bits per heavy atom. The van der Waals surface area contributed by atoms with E-state index in [1.807, 2.05) is 54.6 Å². The maximum absolute atomic E-state index is 13.1. The normalized spacial score (nSPS) is 11.5. The molecule has 0 aliphatic heterocycles. The summed E-state index contributed by atoms with van der Waals surface area (Å²) in [7, 11) is 0. The van der Waals surface area contributed by atoms with E-state index in [-0.39, 0.29) is 12.1 Å². The van der Waals surface area contributed by atoms with Crippen molar-refractivity contribution < 1.29 is 23.1 Å². The van der Waals surface area contributed by atoms with Crippen LogP contribution >= 0.6 is 0 Å². The molecule has 7 heteroatoms. The summed E-state index contributed by atoms with van der Waals surface area (Å²) in [5.74, 6) is -1.05. The van der Waals surface area contributed by atoms with E-state index in [4.69, 9.17) is 0 Å². The predicted octanol–water partition coefficient (Wildman–Crippen LogP) is 5.78. The standard InChI is InChI=1S/C25H19F3N2O2/c26-25(27,28)21-7-4-8-22(15-21)30-16-20(14-23(31)32)24(29-30)19-11-9-18(10-12-19)13-17-5-2-1-3-6-17/h1-12,15-16H,13-14H2,(H,31,32). The SMILES string of the molecule is O=C(O)Cc1cn(-c2cccc(C(F)(F)F)c2)nc1-c1ccc(Cc2ccccc2)cc1. The summed E-state index contributed by atoms with van der Waals surface area (Å²) in [6.45, 7) is 0. The summed E-state index contributed by atoms with van der Waals surface area (Å²) in [4.78, 5) is 11.4. The number of carboxylic acids is 1. The molecule has 1 heterocycles. The quantitative estimate of drug-likeness (QED) is 0.417. The Morgan fingerprint density at radius 2 is 1.59 bits per heavy atom. The summed E-state index contributed by atoms with van der Waals surface area (Å²) in [5.41, 5.74) is 3.21. The molecule has 0 unspecified atom stereocenters. The summed E-state index contributed by atoms with van der Waals surface area (Å²) < 4.78 is 40.6. The lowest BCUT2D eigenvalue weighted by Gasteiger charge is -2.08. The lowest BCUT2D eigenvalue weighted by Crippen LogP contribution is -2.06. The number of carbonyl (C=O) groups is 1. The zero-order chi connectivity index (χ0) is 22.7. The van der Waals surface area contributed by atoms with Crippen molar-refractivity contribution in [1.29, 1.82) is 0 Å². The molecule has 3 aromatic carbocycles. The van der Waals surface area contributed by atoms with Crippen molar-refractivity contribution in [2.45, 2.75) is 19.0 Å². The number of hydrogen-bond acceptors (Lipinski definition) is 2. The highest BCUT2D eigenvalue weighted by Gasteiger charge is 2.30. The van der Waals surface area contributed by atoms with Crippen LogP contribution in [-0.4, -0.2) is 20.9 Å². The molecular formula is C25H19F3N2O2. The molecule has 162 valence electrons.